The molecule has 0 spiro atoms. The summed E-state index contributed by atoms with van der Waals surface area (Å²) in [6.45, 7) is 1.93. The Bertz CT molecular complexity index is 779. The molecular weight excluding hydrogens is 418 g/mol. The predicted molar refractivity (Wildman–Crippen MR) is 106 cm³/mol. The Morgan fingerprint density at radius 1 is 1.41 bits per heavy atom. The maximum Gasteiger partial charge on any atom is 0.319 e. The zero-order valence-corrected chi connectivity index (χ0v) is 16.7. The highest BCUT2D eigenvalue weighted by Gasteiger charge is 2.24. The predicted octanol–water partition coefficient (Wildman–Crippen LogP) is 3.37. The second-order valence-electron chi connectivity index (χ2n) is 6.25. The minimum atomic E-state index is -2.61. The van der Waals surface area contributed by atoms with Crippen molar-refractivity contribution >= 4 is 27.6 Å². The van der Waals surface area contributed by atoms with Crippen molar-refractivity contribution in [2.24, 2.45) is 4.99 Å². The van der Waals surface area contributed by atoms with E-state index in [-0.39, 0.29) is 18.4 Å². The minimum Gasteiger partial charge on any atom is -0.368 e. The summed E-state index contributed by atoms with van der Waals surface area (Å²) in [7, 11) is 0. The fourth-order valence-corrected chi connectivity index (χ4v) is 3.65. The van der Waals surface area contributed by atoms with Crippen molar-refractivity contribution in [2.45, 2.75) is 32.5 Å². The number of rotatable bonds is 6. The molecule has 1 aliphatic heterocycles. The zero-order valence-electron chi connectivity index (χ0n) is 15.1. The van der Waals surface area contributed by atoms with Crippen LogP contribution in [0.5, 0.6) is 0 Å². The first-order valence-corrected chi connectivity index (χ1v) is 9.72. The Hall–Kier alpha value is -2.16. The molecule has 0 saturated carbocycles. The number of para-hydroxylation sites is 1. The molecule has 2 N–H and O–H groups in total. The second kappa shape index (κ2) is 9.16. The van der Waals surface area contributed by atoms with Gasteiger partial charge in [-0.2, -0.15) is 8.78 Å². The average Bonchev–Trinajstić information content (AvgIpc) is 3.29. The molecule has 146 valence electrons. The standard InChI is InChI=1S/C18H23BrF2N6/c1-2-22-18(24-11-16-23-8-10-27(16)17(20)21)25-13-7-9-26(12-13)15-6-4-3-5-14(15)19/h3-6,8,10,13,17H,2,7,9,11-12H2,1H3,(H2,22,24,25). The summed E-state index contributed by atoms with van der Waals surface area (Å²) in [5.74, 6) is 0.851. The molecule has 1 aromatic carbocycles. The number of hydrogen-bond donors (Lipinski definition) is 2. The van der Waals surface area contributed by atoms with E-state index in [1.54, 1.807) is 0 Å². The van der Waals surface area contributed by atoms with Gasteiger partial charge < -0.3 is 15.5 Å². The van der Waals surface area contributed by atoms with Crippen LogP contribution >= 0.6 is 15.9 Å². The van der Waals surface area contributed by atoms with Crippen molar-refractivity contribution in [2.75, 3.05) is 24.5 Å². The molecule has 9 heteroatoms. The lowest BCUT2D eigenvalue weighted by Gasteiger charge is -2.21. The molecule has 3 rings (SSSR count). The Kier molecular flexibility index (Phi) is 6.65. The number of halogens is 3. The Morgan fingerprint density at radius 2 is 2.22 bits per heavy atom. The van der Waals surface area contributed by atoms with Gasteiger partial charge in [-0.05, 0) is 41.4 Å². The number of alkyl halides is 2. The summed E-state index contributed by atoms with van der Waals surface area (Å²) in [6.07, 6.45) is 3.60. The molecule has 1 saturated heterocycles. The van der Waals surface area contributed by atoms with Crippen molar-refractivity contribution in [3.63, 3.8) is 0 Å². The van der Waals surface area contributed by atoms with E-state index >= 15 is 0 Å². The third-order valence-electron chi connectivity index (χ3n) is 4.40. The molecule has 2 aromatic rings. The molecule has 1 aliphatic rings. The lowest BCUT2D eigenvalue weighted by atomic mass is 10.3. The maximum absolute atomic E-state index is 12.9. The number of aliphatic imine (C=N–C) groups is 1. The van der Waals surface area contributed by atoms with E-state index in [4.69, 9.17) is 0 Å². The van der Waals surface area contributed by atoms with Gasteiger partial charge in [-0.1, -0.05) is 12.1 Å². The molecule has 1 aromatic heterocycles. The Morgan fingerprint density at radius 3 is 2.96 bits per heavy atom. The highest BCUT2D eigenvalue weighted by Crippen LogP contribution is 2.28. The minimum absolute atomic E-state index is 0.0906. The van der Waals surface area contributed by atoms with E-state index in [1.165, 1.54) is 18.1 Å². The lowest BCUT2D eigenvalue weighted by molar-refractivity contribution is 0.0671. The van der Waals surface area contributed by atoms with E-state index < -0.39 is 6.55 Å². The van der Waals surface area contributed by atoms with E-state index in [0.29, 0.717) is 12.5 Å². The summed E-state index contributed by atoms with van der Waals surface area (Å²) in [4.78, 5) is 10.7. The van der Waals surface area contributed by atoms with Crippen LogP contribution in [0.1, 0.15) is 25.7 Å². The van der Waals surface area contributed by atoms with Gasteiger partial charge in [0, 0.05) is 42.5 Å². The summed E-state index contributed by atoms with van der Waals surface area (Å²) >= 11 is 3.60. The van der Waals surface area contributed by atoms with Crippen LogP contribution in [0.2, 0.25) is 0 Å². The number of hydrogen-bond acceptors (Lipinski definition) is 3. The smallest absolute Gasteiger partial charge is 0.319 e. The van der Waals surface area contributed by atoms with Crippen LogP contribution in [0.3, 0.4) is 0 Å². The first kappa shape index (κ1) is 19.6. The monoisotopic (exact) mass is 440 g/mol. The molecule has 0 bridgehead atoms. The van der Waals surface area contributed by atoms with Crippen LogP contribution < -0.4 is 15.5 Å². The number of anilines is 1. The van der Waals surface area contributed by atoms with Gasteiger partial charge in [0.1, 0.15) is 12.4 Å². The van der Waals surface area contributed by atoms with Crippen molar-refractivity contribution in [3.05, 3.63) is 47.0 Å². The van der Waals surface area contributed by atoms with Crippen molar-refractivity contribution in [3.8, 4) is 0 Å². The number of imidazole rings is 1. The van der Waals surface area contributed by atoms with Gasteiger partial charge in [0.2, 0.25) is 0 Å². The Balaban J connectivity index is 1.63. The molecule has 1 unspecified atom stereocenters. The number of nitrogens with one attached hydrogen (secondary N) is 2. The molecule has 0 aliphatic carbocycles. The van der Waals surface area contributed by atoms with Crippen molar-refractivity contribution in [1.29, 1.82) is 0 Å². The van der Waals surface area contributed by atoms with Gasteiger partial charge in [0.15, 0.2) is 5.96 Å². The van der Waals surface area contributed by atoms with Gasteiger partial charge in [-0.25, -0.2) is 9.98 Å². The zero-order chi connectivity index (χ0) is 19.2. The van der Waals surface area contributed by atoms with E-state index in [9.17, 15) is 8.78 Å². The topological polar surface area (TPSA) is 57.5 Å². The van der Waals surface area contributed by atoms with Gasteiger partial charge in [-0.3, -0.25) is 4.57 Å². The second-order valence-corrected chi connectivity index (χ2v) is 7.11. The third kappa shape index (κ3) is 4.97. The molecule has 1 fully saturated rings. The first-order chi connectivity index (χ1) is 13.1. The fourth-order valence-electron chi connectivity index (χ4n) is 3.11. The van der Waals surface area contributed by atoms with E-state index in [1.807, 2.05) is 25.1 Å². The van der Waals surface area contributed by atoms with Crippen molar-refractivity contribution < 1.29 is 8.78 Å². The summed E-state index contributed by atoms with van der Waals surface area (Å²) in [5.41, 5.74) is 1.17. The van der Waals surface area contributed by atoms with Gasteiger partial charge in [-0.15, -0.1) is 0 Å². The molecule has 6 nitrogen and oxygen atoms in total. The van der Waals surface area contributed by atoms with Crippen LogP contribution in [-0.4, -0.2) is 41.2 Å². The van der Waals surface area contributed by atoms with Gasteiger partial charge in [0.05, 0.1) is 5.69 Å². The van der Waals surface area contributed by atoms with E-state index in [0.717, 1.165) is 28.6 Å². The number of nitrogens with zero attached hydrogens (tertiary/aromatic N) is 4. The average molecular weight is 441 g/mol. The number of aromatic nitrogens is 2. The highest BCUT2D eigenvalue weighted by molar-refractivity contribution is 9.10. The molecule has 1 atom stereocenters. The number of guanidine groups is 1. The summed E-state index contributed by atoms with van der Waals surface area (Å²) in [5, 5.41) is 6.58. The van der Waals surface area contributed by atoms with Crippen LogP contribution in [-0.2, 0) is 6.54 Å². The van der Waals surface area contributed by atoms with Gasteiger partial charge in [0.25, 0.3) is 0 Å². The molecule has 27 heavy (non-hydrogen) atoms. The van der Waals surface area contributed by atoms with Gasteiger partial charge >= 0.3 is 6.55 Å². The quantitative estimate of drug-likeness (QED) is 0.533. The van der Waals surface area contributed by atoms with Crippen LogP contribution in [0.25, 0.3) is 0 Å². The number of benzene rings is 1. The maximum atomic E-state index is 12.9. The van der Waals surface area contributed by atoms with Crippen LogP contribution in [0, 0.1) is 0 Å². The Labute approximate surface area is 165 Å². The SMILES string of the molecule is CCNC(=NCc1nccn1C(F)F)NC1CCN(c2ccccc2Br)C1. The molecule has 0 radical (unpaired) electrons. The molecular formula is C18H23BrF2N6. The van der Waals surface area contributed by atoms with E-state index in [2.05, 4.69) is 47.5 Å². The first-order valence-electron chi connectivity index (χ1n) is 8.92. The largest absolute Gasteiger partial charge is 0.368 e. The molecule has 0 amide bonds. The summed E-state index contributed by atoms with van der Waals surface area (Å²) in [6, 6.07) is 8.38. The third-order valence-corrected chi connectivity index (χ3v) is 5.07. The van der Waals surface area contributed by atoms with Crippen molar-refractivity contribution in [1.82, 2.24) is 20.2 Å². The lowest BCUT2D eigenvalue weighted by Crippen LogP contribution is -2.44. The van der Waals surface area contributed by atoms with Crippen LogP contribution in [0.4, 0.5) is 14.5 Å². The summed E-state index contributed by atoms with van der Waals surface area (Å²) < 4.78 is 27.8. The molecule has 2 heterocycles. The highest BCUT2D eigenvalue weighted by atomic mass is 79.9. The fraction of sp³-hybridized carbons (Fsp3) is 0.444. The van der Waals surface area contributed by atoms with Crippen LogP contribution in [0.15, 0.2) is 46.1 Å². The normalized spacial score (nSPS) is 17.6.